The van der Waals surface area contributed by atoms with Crippen molar-refractivity contribution in [2.24, 2.45) is 0 Å². The summed E-state index contributed by atoms with van der Waals surface area (Å²) in [6.45, 7) is 1.04. The number of carbonyl (C=O) groups is 1. The standard InChI is InChI=1S/C16H22N2O4S/c1-22-15-7-3-5-13(11-15)8-9-16(19)18-10-4-6-14(12-18)17-23(2,20)21/h3,5,7-9,11,14,17H,4,6,10,12H2,1-2H3. The highest BCUT2D eigenvalue weighted by Crippen LogP contribution is 2.15. The molecule has 126 valence electrons. The van der Waals surface area contributed by atoms with E-state index in [-0.39, 0.29) is 11.9 Å². The molecule has 1 aliphatic rings. The Morgan fingerprint density at radius 3 is 2.91 bits per heavy atom. The number of ether oxygens (including phenoxy) is 1. The van der Waals surface area contributed by atoms with Gasteiger partial charge in [0.25, 0.3) is 0 Å². The summed E-state index contributed by atoms with van der Waals surface area (Å²) in [6, 6.07) is 7.21. The monoisotopic (exact) mass is 338 g/mol. The molecule has 1 unspecified atom stereocenters. The number of nitrogens with zero attached hydrogens (tertiary/aromatic N) is 1. The van der Waals surface area contributed by atoms with Crippen molar-refractivity contribution in [1.29, 1.82) is 0 Å². The molecule has 2 rings (SSSR count). The van der Waals surface area contributed by atoms with E-state index in [0.29, 0.717) is 13.1 Å². The third kappa shape index (κ3) is 5.69. The van der Waals surface area contributed by atoms with E-state index in [1.165, 1.54) is 6.08 Å². The number of rotatable bonds is 5. The summed E-state index contributed by atoms with van der Waals surface area (Å²) in [5.74, 6) is 0.614. The Morgan fingerprint density at radius 1 is 1.43 bits per heavy atom. The number of methoxy groups -OCH3 is 1. The van der Waals surface area contributed by atoms with Crippen LogP contribution < -0.4 is 9.46 Å². The molecular formula is C16H22N2O4S. The number of hydrogen-bond donors (Lipinski definition) is 1. The van der Waals surface area contributed by atoms with Crippen LogP contribution in [0, 0.1) is 0 Å². The topological polar surface area (TPSA) is 75.7 Å². The van der Waals surface area contributed by atoms with E-state index in [1.807, 2.05) is 24.3 Å². The molecule has 7 heteroatoms. The summed E-state index contributed by atoms with van der Waals surface area (Å²) in [5.41, 5.74) is 0.875. The minimum absolute atomic E-state index is 0.118. The summed E-state index contributed by atoms with van der Waals surface area (Å²) in [5, 5.41) is 0. The Kier molecular flexibility index (Phi) is 5.79. The number of hydrogen-bond acceptors (Lipinski definition) is 4. The molecule has 0 aliphatic carbocycles. The van der Waals surface area contributed by atoms with Crippen LogP contribution in [-0.2, 0) is 14.8 Å². The van der Waals surface area contributed by atoms with Crippen LogP contribution in [0.15, 0.2) is 30.3 Å². The van der Waals surface area contributed by atoms with E-state index in [4.69, 9.17) is 4.74 Å². The Hall–Kier alpha value is -1.86. The maximum absolute atomic E-state index is 12.3. The molecule has 1 saturated heterocycles. The zero-order chi connectivity index (χ0) is 16.9. The quantitative estimate of drug-likeness (QED) is 0.820. The van der Waals surface area contributed by atoms with Gasteiger partial charge in [0.05, 0.1) is 13.4 Å². The van der Waals surface area contributed by atoms with Crippen molar-refractivity contribution in [3.05, 3.63) is 35.9 Å². The average Bonchev–Trinajstić information content (AvgIpc) is 2.51. The first-order chi connectivity index (χ1) is 10.9. The molecule has 1 N–H and O–H groups in total. The summed E-state index contributed by atoms with van der Waals surface area (Å²) < 4.78 is 30.3. The van der Waals surface area contributed by atoms with Crippen LogP contribution in [0.5, 0.6) is 5.75 Å². The Morgan fingerprint density at radius 2 is 2.22 bits per heavy atom. The summed E-state index contributed by atoms with van der Waals surface area (Å²) >= 11 is 0. The summed E-state index contributed by atoms with van der Waals surface area (Å²) in [7, 11) is -1.66. The normalized spacial score (nSPS) is 19.0. The smallest absolute Gasteiger partial charge is 0.246 e. The zero-order valence-electron chi connectivity index (χ0n) is 13.4. The predicted molar refractivity (Wildman–Crippen MR) is 89.6 cm³/mol. The van der Waals surface area contributed by atoms with E-state index < -0.39 is 10.0 Å². The Labute approximate surface area is 137 Å². The maximum Gasteiger partial charge on any atom is 0.246 e. The van der Waals surface area contributed by atoms with Crippen molar-refractivity contribution in [3.63, 3.8) is 0 Å². The number of piperidine rings is 1. The number of likely N-dealkylation sites (tertiary alicyclic amines) is 1. The second-order valence-electron chi connectivity index (χ2n) is 5.62. The van der Waals surface area contributed by atoms with E-state index in [0.717, 1.165) is 30.4 Å². The lowest BCUT2D eigenvalue weighted by molar-refractivity contribution is -0.127. The molecule has 1 atom stereocenters. The average molecular weight is 338 g/mol. The Bertz CT molecular complexity index is 685. The van der Waals surface area contributed by atoms with Crippen LogP contribution >= 0.6 is 0 Å². The van der Waals surface area contributed by atoms with Crippen molar-refractivity contribution in [2.75, 3.05) is 26.5 Å². The number of sulfonamides is 1. The van der Waals surface area contributed by atoms with Crippen molar-refractivity contribution in [1.82, 2.24) is 9.62 Å². The predicted octanol–water partition coefficient (Wildman–Crippen LogP) is 1.25. The van der Waals surface area contributed by atoms with Crippen LogP contribution in [0.1, 0.15) is 18.4 Å². The lowest BCUT2D eigenvalue weighted by Gasteiger charge is -2.32. The molecule has 6 nitrogen and oxygen atoms in total. The SMILES string of the molecule is COc1cccc(C=CC(=O)N2CCCC(NS(C)(=O)=O)C2)c1. The van der Waals surface area contributed by atoms with Crippen molar-refractivity contribution in [3.8, 4) is 5.75 Å². The van der Waals surface area contributed by atoms with Crippen molar-refractivity contribution >= 4 is 22.0 Å². The molecule has 0 saturated carbocycles. The summed E-state index contributed by atoms with van der Waals surface area (Å²) in [4.78, 5) is 13.9. The number of amides is 1. The number of benzene rings is 1. The molecule has 0 radical (unpaired) electrons. The van der Waals surface area contributed by atoms with Gasteiger partial charge in [0.15, 0.2) is 0 Å². The second-order valence-corrected chi connectivity index (χ2v) is 7.40. The fourth-order valence-corrected chi connectivity index (χ4v) is 3.39. The molecule has 0 bridgehead atoms. The fraction of sp³-hybridized carbons (Fsp3) is 0.438. The molecule has 0 aromatic heterocycles. The van der Waals surface area contributed by atoms with Gasteiger partial charge >= 0.3 is 0 Å². The molecule has 1 aromatic rings. The van der Waals surface area contributed by atoms with Crippen molar-refractivity contribution in [2.45, 2.75) is 18.9 Å². The molecule has 23 heavy (non-hydrogen) atoms. The molecule has 0 spiro atoms. The van der Waals surface area contributed by atoms with Crippen LogP contribution in [-0.4, -0.2) is 51.7 Å². The maximum atomic E-state index is 12.3. The first-order valence-electron chi connectivity index (χ1n) is 7.46. The van der Waals surface area contributed by atoms with Crippen LogP contribution in [0.2, 0.25) is 0 Å². The van der Waals surface area contributed by atoms with Gasteiger partial charge in [0, 0.05) is 25.2 Å². The van der Waals surface area contributed by atoms with Gasteiger partial charge in [-0.25, -0.2) is 13.1 Å². The largest absolute Gasteiger partial charge is 0.497 e. The first-order valence-corrected chi connectivity index (χ1v) is 9.35. The van der Waals surface area contributed by atoms with Crippen LogP contribution in [0.25, 0.3) is 6.08 Å². The van der Waals surface area contributed by atoms with Gasteiger partial charge in [-0.3, -0.25) is 4.79 Å². The highest BCUT2D eigenvalue weighted by Gasteiger charge is 2.24. The molecule has 1 aliphatic heterocycles. The third-order valence-electron chi connectivity index (χ3n) is 3.63. The highest BCUT2D eigenvalue weighted by molar-refractivity contribution is 7.88. The van der Waals surface area contributed by atoms with Gasteiger partial charge < -0.3 is 9.64 Å². The van der Waals surface area contributed by atoms with E-state index in [2.05, 4.69) is 4.72 Å². The molecule has 1 amide bonds. The molecule has 1 heterocycles. The highest BCUT2D eigenvalue weighted by atomic mass is 32.2. The van der Waals surface area contributed by atoms with Gasteiger partial charge in [-0.2, -0.15) is 0 Å². The lowest BCUT2D eigenvalue weighted by atomic mass is 10.1. The lowest BCUT2D eigenvalue weighted by Crippen LogP contribution is -2.48. The minimum atomic E-state index is -3.26. The second kappa shape index (κ2) is 7.61. The fourth-order valence-electron chi connectivity index (χ4n) is 2.59. The molecule has 1 aromatic carbocycles. The first kappa shape index (κ1) is 17.5. The number of nitrogens with one attached hydrogen (secondary N) is 1. The third-order valence-corrected chi connectivity index (χ3v) is 4.39. The van der Waals surface area contributed by atoms with Gasteiger partial charge in [-0.05, 0) is 36.6 Å². The summed E-state index contributed by atoms with van der Waals surface area (Å²) in [6.07, 6.45) is 5.91. The van der Waals surface area contributed by atoms with Crippen LogP contribution in [0.4, 0.5) is 0 Å². The van der Waals surface area contributed by atoms with Gasteiger partial charge in [-0.15, -0.1) is 0 Å². The van der Waals surface area contributed by atoms with Crippen molar-refractivity contribution < 1.29 is 17.9 Å². The number of carbonyl (C=O) groups excluding carboxylic acids is 1. The van der Waals surface area contributed by atoms with Gasteiger partial charge in [0.2, 0.25) is 15.9 Å². The van der Waals surface area contributed by atoms with Gasteiger partial charge in [-0.1, -0.05) is 12.1 Å². The van der Waals surface area contributed by atoms with E-state index >= 15 is 0 Å². The Balaban J connectivity index is 1.98. The van der Waals surface area contributed by atoms with Gasteiger partial charge in [0.1, 0.15) is 5.75 Å². The van der Waals surface area contributed by atoms with E-state index in [1.54, 1.807) is 18.1 Å². The minimum Gasteiger partial charge on any atom is -0.497 e. The molecular weight excluding hydrogens is 316 g/mol. The zero-order valence-corrected chi connectivity index (χ0v) is 14.2. The van der Waals surface area contributed by atoms with E-state index in [9.17, 15) is 13.2 Å². The molecule has 1 fully saturated rings. The van der Waals surface area contributed by atoms with Crippen LogP contribution in [0.3, 0.4) is 0 Å².